The van der Waals surface area contributed by atoms with Gasteiger partial charge in [0, 0.05) is 5.56 Å². The summed E-state index contributed by atoms with van der Waals surface area (Å²) in [5.41, 5.74) is 6.31. The Morgan fingerprint density at radius 3 is 2.30 bits per heavy atom. The molecule has 176 valence electrons. The van der Waals surface area contributed by atoms with Crippen molar-refractivity contribution in [2.75, 3.05) is 6.61 Å². The van der Waals surface area contributed by atoms with E-state index in [-0.39, 0.29) is 41.7 Å². The second kappa shape index (κ2) is 11.6. The SMILES string of the molecule is CC(C)C(N)C(=O)c1ccc(OC(=O)COc2ccccc2)c(OC(=O)C2CCCCC2)c1. The monoisotopic (exact) mass is 453 g/mol. The maximum absolute atomic E-state index is 12.7. The topological polar surface area (TPSA) is 105 Å². The van der Waals surface area contributed by atoms with Crippen LogP contribution in [0.25, 0.3) is 0 Å². The molecule has 2 aromatic carbocycles. The number of benzene rings is 2. The Hall–Kier alpha value is -3.19. The van der Waals surface area contributed by atoms with Crippen molar-refractivity contribution in [3.05, 3.63) is 54.1 Å². The van der Waals surface area contributed by atoms with Crippen LogP contribution < -0.4 is 19.9 Å². The predicted molar refractivity (Wildman–Crippen MR) is 123 cm³/mol. The standard InChI is InChI=1S/C26H31NO6/c1-17(2)24(27)25(29)19-13-14-21(32-23(28)16-31-20-11-7-4-8-12-20)22(15-19)33-26(30)18-9-5-3-6-10-18/h4,7-8,11-15,17-18,24H,3,5-6,9-10,16,27H2,1-2H3. The molecule has 33 heavy (non-hydrogen) atoms. The van der Waals surface area contributed by atoms with Crippen molar-refractivity contribution < 1.29 is 28.6 Å². The van der Waals surface area contributed by atoms with Gasteiger partial charge in [0.25, 0.3) is 0 Å². The number of rotatable bonds is 9. The number of para-hydroxylation sites is 1. The van der Waals surface area contributed by atoms with Crippen LogP contribution in [0.3, 0.4) is 0 Å². The molecule has 1 aliphatic rings. The molecule has 0 bridgehead atoms. The molecular weight excluding hydrogens is 422 g/mol. The lowest BCUT2D eigenvalue weighted by molar-refractivity contribution is -0.141. The minimum absolute atomic E-state index is 0.0282. The zero-order valence-corrected chi connectivity index (χ0v) is 19.1. The second-order valence-electron chi connectivity index (χ2n) is 8.63. The van der Waals surface area contributed by atoms with Crippen LogP contribution in [0.15, 0.2) is 48.5 Å². The van der Waals surface area contributed by atoms with Gasteiger partial charge in [-0.05, 0) is 49.1 Å². The predicted octanol–water partition coefficient (Wildman–Crippen LogP) is 4.32. The molecule has 1 unspecified atom stereocenters. The number of Topliss-reactive ketones (excluding diaryl/α,β-unsaturated/α-hetero) is 1. The van der Waals surface area contributed by atoms with E-state index in [1.165, 1.54) is 18.2 Å². The third kappa shape index (κ3) is 6.89. The summed E-state index contributed by atoms with van der Waals surface area (Å²) >= 11 is 0. The van der Waals surface area contributed by atoms with E-state index in [1.807, 2.05) is 19.9 Å². The van der Waals surface area contributed by atoms with Crippen LogP contribution in [0.1, 0.15) is 56.3 Å². The molecule has 7 heteroatoms. The third-order valence-corrected chi connectivity index (χ3v) is 5.72. The molecule has 0 aliphatic heterocycles. The lowest BCUT2D eigenvalue weighted by Crippen LogP contribution is -2.35. The molecule has 1 saturated carbocycles. The minimum atomic E-state index is -0.695. The molecule has 0 amide bonds. The Bertz CT molecular complexity index is 966. The van der Waals surface area contributed by atoms with Crippen molar-refractivity contribution >= 4 is 17.7 Å². The zero-order valence-electron chi connectivity index (χ0n) is 19.1. The van der Waals surface area contributed by atoms with E-state index in [0.717, 1.165) is 32.1 Å². The van der Waals surface area contributed by atoms with Crippen LogP contribution in [0.5, 0.6) is 17.2 Å². The molecular formula is C26H31NO6. The second-order valence-corrected chi connectivity index (χ2v) is 8.63. The molecule has 2 N–H and O–H groups in total. The normalized spacial score (nSPS) is 15.0. The van der Waals surface area contributed by atoms with Crippen molar-refractivity contribution in [3.63, 3.8) is 0 Å². The summed E-state index contributed by atoms with van der Waals surface area (Å²) in [5, 5.41) is 0. The van der Waals surface area contributed by atoms with Gasteiger partial charge in [0.2, 0.25) is 0 Å². The summed E-state index contributed by atoms with van der Waals surface area (Å²) in [6.07, 6.45) is 4.57. The van der Waals surface area contributed by atoms with Gasteiger partial charge in [-0.25, -0.2) is 4.79 Å². The van der Waals surface area contributed by atoms with E-state index in [9.17, 15) is 14.4 Å². The lowest BCUT2D eigenvalue weighted by Gasteiger charge is -2.21. The molecule has 7 nitrogen and oxygen atoms in total. The summed E-state index contributed by atoms with van der Waals surface area (Å²) in [6, 6.07) is 12.6. The first-order chi connectivity index (χ1) is 15.8. The van der Waals surface area contributed by atoms with Crippen LogP contribution in [0.2, 0.25) is 0 Å². The lowest BCUT2D eigenvalue weighted by atomic mass is 9.89. The highest BCUT2D eigenvalue weighted by molar-refractivity contribution is 6.00. The maximum atomic E-state index is 12.7. The first kappa shape index (κ1) is 24.5. The summed E-state index contributed by atoms with van der Waals surface area (Å²) in [6.45, 7) is 3.39. The fourth-order valence-electron chi connectivity index (χ4n) is 3.66. The summed E-state index contributed by atoms with van der Waals surface area (Å²) in [5.74, 6) is -0.973. The Labute approximate surface area is 194 Å². The van der Waals surface area contributed by atoms with Crippen LogP contribution in [-0.2, 0) is 9.59 Å². The highest BCUT2D eigenvalue weighted by Crippen LogP contribution is 2.32. The van der Waals surface area contributed by atoms with Gasteiger partial charge < -0.3 is 19.9 Å². The molecule has 0 radical (unpaired) electrons. The van der Waals surface area contributed by atoms with Gasteiger partial charge in [-0.1, -0.05) is 51.3 Å². The van der Waals surface area contributed by atoms with Gasteiger partial charge in [-0.15, -0.1) is 0 Å². The average molecular weight is 454 g/mol. The smallest absolute Gasteiger partial charge is 0.349 e. The Morgan fingerprint density at radius 1 is 0.939 bits per heavy atom. The molecule has 0 spiro atoms. The Kier molecular flexibility index (Phi) is 8.60. The minimum Gasteiger partial charge on any atom is -0.482 e. The van der Waals surface area contributed by atoms with E-state index in [0.29, 0.717) is 11.3 Å². The molecule has 0 heterocycles. The van der Waals surface area contributed by atoms with E-state index >= 15 is 0 Å². The number of esters is 2. The first-order valence-electron chi connectivity index (χ1n) is 11.4. The molecule has 1 atom stereocenters. The third-order valence-electron chi connectivity index (χ3n) is 5.72. The zero-order chi connectivity index (χ0) is 23.8. The van der Waals surface area contributed by atoms with Gasteiger partial charge >= 0.3 is 11.9 Å². The fraction of sp³-hybridized carbons (Fsp3) is 0.423. The van der Waals surface area contributed by atoms with Crippen molar-refractivity contribution in [1.82, 2.24) is 0 Å². The number of ketones is 1. The van der Waals surface area contributed by atoms with Crippen LogP contribution >= 0.6 is 0 Å². The van der Waals surface area contributed by atoms with Gasteiger partial charge in [-0.3, -0.25) is 9.59 Å². The Balaban J connectivity index is 1.77. The van der Waals surface area contributed by atoms with Crippen molar-refractivity contribution in [3.8, 4) is 17.2 Å². The number of hydrogen-bond acceptors (Lipinski definition) is 7. The van der Waals surface area contributed by atoms with Crippen LogP contribution in [0.4, 0.5) is 0 Å². The van der Waals surface area contributed by atoms with E-state index in [2.05, 4.69) is 0 Å². The molecule has 0 saturated heterocycles. The number of nitrogens with two attached hydrogens (primary N) is 1. The van der Waals surface area contributed by atoms with Gasteiger partial charge in [0.1, 0.15) is 5.75 Å². The molecule has 3 rings (SSSR count). The quantitative estimate of drug-likeness (QED) is 0.342. The van der Waals surface area contributed by atoms with Crippen molar-refractivity contribution in [2.24, 2.45) is 17.6 Å². The van der Waals surface area contributed by atoms with Crippen LogP contribution in [-0.4, -0.2) is 30.4 Å². The largest absolute Gasteiger partial charge is 0.482 e. The maximum Gasteiger partial charge on any atom is 0.349 e. The Morgan fingerprint density at radius 2 is 1.64 bits per heavy atom. The molecule has 1 fully saturated rings. The van der Waals surface area contributed by atoms with E-state index < -0.39 is 12.0 Å². The number of carbonyl (C=O) groups excluding carboxylic acids is 3. The van der Waals surface area contributed by atoms with Gasteiger partial charge in [-0.2, -0.15) is 0 Å². The van der Waals surface area contributed by atoms with Crippen LogP contribution in [0, 0.1) is 11.8 Å². The van der Waals surface area contributed by atoms with E-state index in [4.69, 9.17) is 19.9 Å². The summed E-state index contributed by atoms with van der Waals surface area (Å²) < 4.78 is 16.5. The average Bonchev–Trinajstić information content (AvgIpc) is 2.84. The molecule has 0 aromatic heterocycles. The first-order valence-corrected chi connectivity index (χ1v) is 11.4. The van der Waals surface area contributed by atoms with Crippen molar-refractivity contribution in [1.29, 1.82) is 0 Å². The highest BCUT2D eigenvalue weighted by atomic mass is 16.6. The molecule has 2 aromatic rings. The summed E-state index contributed by atoms with van der Waals surface area (Å²) in [7, 11) is 0. The van der Waals surface area contributed by atoms with E-state index in [1.54, 1.807) is 24.3 Å². The number of carbonyl (C=O) groups is 3. The number of hydrogen-bond donors (Lipinski definition) is 1. The molecule has 1 aliphatic carbocycles. The van der Waals surface area contributed by atoms with Crippen molar-refractivity contribution in [2.45, 2.75) is 52.0 Å². The highest BCUT2D eigenvalue weighted by Gasteiger charge is 2.26. The fourth-order valence-corrected chi connectivity index (χ4v) is 3.66. The number of ether oxygens (including phenoxy) is 3. The van der Waals surface area contributed by atoms with Gasteiger partial charge in [0.15, 0.2) is 23.9 Å². The summed E-state index contributed by atoms with van der Waals surface area (Å²) in [4.78, 5) is 37.8. The van der Waals surface area contributed by atoms with Gasteiger partial charge in [0.05, 0.1) is 12.0 Å².